The van der Waals surface area contributed by atoms with Gasteiger partial charge in [0.05, 0.1) is 11.2 Å². The summed E-state index contributed by atoms with van der Waals surface area (Å²) in [6, 6.07) is 13.7. The molecule has 2 aromatic rings. The van der Waals surface area contributed by atoms with E-state index < -0.39 is 5.60 Å². The van der Waals surface area contributed by atoms with Crippen molar-refractivity contribution in [1.29, 1.82) is 0 Å². The number of halogens is 1. The molecule has 1 aliphatic heterocycles. The fourth-order valence-electron chi connectivity index (χ4n) is 4.69. The number of pyridine rings is 1. The van der Waals surface area contributed by atoms with Gasteiger partial charge in [0.1, 0.15) is 4.60 Å². The highest BCUT2D eigenvalue weighted by atomic mass is 79.9. The zero-order valence-corrected chi connectivity index (χ0v) is 16.2. The zero-order chi connectivity index (χ0) is 18.1. The molecule has 2 fully saturated rings. The Morgan fingerprint density at radius 1 is 1.15 bits per heavy atom. The van der Waals surface area contributed by atoms with Crippen molar-refractivity contribution in [2.75, 3.05) is 6.54 Å². The molecule has 4 nitrogen and oxygen atoms in total. The minimum atomic E-state index is -0.846. The zero-order valence-electron chi connectivity index (χ0n) is 14.6. The standard InChI is InChI=1S/C21H23BrN2O2/c22-19-11-10-15(14-23-19)20(25)24-13-12-21(26,16-6-2-1-3-7-16)17-8-4-5-9-18(17)24/h1-3,6-7,10-11,14,17-18,26H,4-5,8-9,12-13H2/t17-,18+,21?/m0/s1. The smallest absolute Gasteiger partial charge is 0.255 e. The largest absolute Gasteiger partial charge is 0.385 e. The molecule has 2 heterocycles. The molecule has 1 saturated carbocycles. The van der Waals surface area contributed by atoms with Crippen LogP contribution in [0.3, 0.4) is 0 Å². The van der Waals surface area contributed by atoms with Gasteiger partial charge in [-0.3, -0.25) is 4.79 Å². The molecule has 1 aromatic carbocycles. The number of carbonyl (C=O) groups is 1. The second-order valence-corrected chi connectivity index (χ2v) is 8.18. The molecule has 3 atom stereocenters. The average Bonchev–Trinajstić information content (AvgIpc) is 2.69. The van der Waals surface area contributed by atoms with E-state index in [0.29, 0.717) is 18.5 Å². The van der Waals surface area contributed by atoms with Crippen molar-refractivity contribution in [2.45, 2.75) is 43.7 Å². The summed E-state index contributed by atoms with van der Waals surface area (Å²) in [7, 11) is 0. The van der Waals surface area contributed by atoms with Gasteiger partial charge in [-0.15, -0.1) is 0 Å². The van der Waals surface area contributed by atoms with Crippen LogP contribution in [0.5, 0.6) is 0 Å². The molecule has 1 saturated heterocycles. The normalized spacial score (nSPS) is 28.5. The molecule has 5 heteroatoms. The Morgan fingerprint density at radius 3 is 2.65 bits per heavy atom. The van der Waals surface area contributed by atoms with E-state index in [2.05, 4.69) is 20.9 Å². The number of piperidine rings is 1. The maximum Gasteiger partial charge on any atom is 0.255 e. The number of nitrogens with zero attached hydrogens (tertiary/aromatic N) is 2. The third-order valence-corrected chi connectivity index (χ3v) is 6.46. The van der Waals surface area contributed by atoms with Crippen LogP contribution in [0.15, 0.2) is 53.3 Å². The Balaban J connectivity index is 1.64. The number of aliphatic hydroxyl groups is 1. The molecular formula is C21H23BrN2O2. The molecule has 1 amide bonds. The fourth-order valence-corrected chi connectivity index (χ4v) is 4.92. The van der Waals surface area contributed by atoms with E-state index in [0.717, 1.165) is 35.8 Å². The molecule has 4 rings (SSSR count). The lowest BCUT2D eigenvalue weighted by molar-refractivity contribution is -0.110. The molecule has 2 aliphatic rings. The SMILES string of the molecule is O=C(c1ccc(Br)nc1)N1CCC(O)(c2ccccc2)[C@H]2CCCC[C@H]21. The van der Waals surface area contributed by atoms with Gasteiger partial charge in [-0.2, -0.15) is 0 Å². The molecule has 26 heavy (non-hydrogen) atoms. The Morgan fingerprint density at radius 2 is 1.92 bits per heavy atom. The van der Waals surface area contributed by atoms with Crippen molar-refractivity contribution in [1.82, 2.24) is 9.88 Å². The van der Waals surface area contributed by atoms with Crippen LogP contribution in [0.4, 0.5) is 0 Å². The molecule has 0 radical (unpaired) electrons. The predicted octanol–water partition coefficient (Wildman–Crippen LogP) is 4.14. The number of fused-ring (bicyclic) bond motifs is 1. The first kappa shape index (κ1) is 17.7. The van der Waals surface area contributed by atoms with Crippen molar-refractivity contribution in [2.24, 2.45) is 5.92 Å². The van der Waals surface area contributed by atoms with E-state index in [1.54, 1.807) is 12.3 Å². The molecule has 1 aliphatic carbocycles. The number of aromatic nitrogens is 1. The highest BCUT2D eigenvalue weighted by Gasteiger charge is 2.50. The lowest BCUT2D eigenvalue weighted by Crippen LogP contribution is -2.59. The van der Waals surface area contributed by atoms with E-state index in [1.165, 1.54) is 0 Å². The third-order valence-electron chi connectivity index (χ3n) is 5.99. The number of hydrogen-bond acceptors (Lipinski definition) is 3. The van der Waals surface area contributed by atoms with Crippen molar-refractivity contribution in [3.05, 3.63) is 64.4 Å². The Kier molecular flexibility index (Phi) is 4.84. The summed E-state index contributed by atoms with van der Waals surface area (Å²) < 4.78 is 0.724. The van der Waals surface area contributed by atoms with E-state index in [9.17, 15) is 9.90 Å². The summed E-state index contributed by atoms with van der Waals surface area (Å²) >= 11 is 3.32. The van der Waals surface area contributed by atoms with Gasteiger partial charge >= 0.3 is 0 Å². The minimum absolute atomic E-state index is 0.0250. The monoisotopic (exact) mass is 414 g/mol. The van der Waals surface area contributed by atoms with Gasteiger partial charge in [0.2, 0.25) is 0 Å². The number of rotatable bonds is 2. The number of likely N-dealkylation sites (tertiary alicyclic amines) is 1. The van der Waals surface area contributed by atoms with E-state index in [-0.39, 0.29) is 17.9 Å². The summed E-state index contributed by atoms with van der Waals surface area (Å²) in [6.45, 7) is 0.571. The molecular weight excluding hydrogens is 392 g/mol. The average molecular weight is 415 g/mol. The topological polar surface area (TPSA) is 53.4 Å². The van der Waals surface area contributed by atoms with E-state index in [4.69, 9.17) is 0 Å². The molecule has 0 spiro atoms. The molecule has 1 aromatic heterocycles. The van der Waals surface area contributed by atoms with Gasteiger partial charge in [0.15, 0.2) is 0 Å². The van der Waals surface area contributed by atoms with Crippen molar-refractivity contribution in [3.8, 4) is 0 Å². The number of amides is 1. The molecule has 1 N–H and O–H groups in total. The number of hydrogen-bond donors (Lipinski definition) is 1. The lowest BCUT2D eigenvalue weighted by atomic mass is 9.66. The van der Waals surface area contributed by atoms with Crippen LogP contribution < -0.4 is 0 Å². The first-order chi connectivity index (χ1) is 12.6. The van der Waals surface area contributed by atoms with Gasteiger partial charge in [-0.25, -0.2) is 4.98 Å². The third kappa shape index (κ3) is 3.08. The summed E-state index contributed by atoms with van der Waals surface area (Å²) in [5.41, 5.74) is 0.748. The van der Waals surface area contributed by atoms with Gasteiger partial charge in [0.25, 0.3) is 5.91 Å². The minimum Gasteiger partial charge on any atom is -0.385 e. The van der Waals surface area contributed by atoms with Crippen LogP contribution >= 0.6 is 15.9 Å². The van der Waals surface area contributed by atoms with Crippen molar-refractivity contribution in [3.63, 3.8) is 0 Å². The first-order valence-electron chi connectivity index (χ1n) is 9.30. The van der Waals surface area contributed by atoms with E-state index in [1.807, 2.05) is 41.3 Å². The summed E-state index contributed by atoms with van der Waals surface area (Å²) in [5, 5.41) is 11.6. The van der Waals surface area contributed by atoms with Gasteiger partial charge in [0, 0.05) is 24.7 Å². The van der Waals surface area contributed by atoms with Gasteiger partial charge < -0.3 is 10.0 Å². The van der Waals surface area contributed by atoms with Crippen LogP contribution in [0.2, 0.25) is 0 Å². The molecule has 1 unspecified atom stereocenters. The highest BCUT2D eigenvalue weighted by Crippen LogP contribution is 2.47. The second-order valence-electron chi connectivity index (χ2n) is 7.37. The van der Waals surface area contributed by atoms with Crippen LogP contribution in [-0.4, -0.2) is 33.5 Å². The van der Waals surface area contributed by atoms with Gasteiger partial charge in [-0.1, -0.05) is 43.2 Å². The van der Waals surface area contributed by atoms with Crippen LogP contribution in [0.1, 0.15) is 48.0 Å². The maximum absolute atomic E-state index is 13.1. The molecule has 136 valence electrons. The van der Waals surface area contributed by atoms with E-state index >= 15 is 0 Å². The van der Waals surface area contributed by atoms with Crippen molar-refractivity contribution >= 4 is 21.8 Å². The molecule has 0 bridgehead atoms. The Hall–Kier alpha value is -1.72. The summed E-state index contributed by atoms with van der Waals surface area (Å²) in [5.74, 6) is 0.108. The second kappa shape index (κ2) is 7.12. The predicted molar refractivity (Wildman–Crippen MR) is 104 cm³/mol. The van der Waals surface area contributed by atoms with Crippen LogP contribution in [-0.2, 0) is 5.60 Å². The summed E-state index contributed by atoms with van der Waals surface area (Å²) in [4.78, 5) is 19.3. The van der Waals surface area contributed by atoms with Crippen LogP contribution in [0, 0.1) is 5.92 Å². The Labute approximate surface area is 162 Å². The maximum atomic E-state index is 13.1. The Bertz CT molecular complexity index is 780. The number of benzene rings is 1. The fraction of sp³-hybridized carbons (Fsp3) is 0.429. The quantitative estimate of drug-likeness (QED) is 0.751. The summed E-state index contributed by atoms with van der Waals surface area (Å²) in [6.07, 6.45) is 6.33. The lowest BCUT2D eigenvalue weighted by Gasteiger charge is -2.52. The highest BCUT2D eigenvalue weighted by molar-refractivity contribution is 9.10. The van der Waals surface area contributed by atoms with Crippen molar-refractivity contribution < 1.29 is 9.90 Å². The first-order valence-corrected chi connectivity index (χ1v) is 10.1. The van der Waals surface area contributed by atoms with Gasteiger partial charge in [-0.05, 0) is 52.9 Å². The van der Waals surface area contributed by atoms with Crippen LogP contribution in [0.25, 0.3) is 0 Å². The number of carbonyl (C=O) groups excluding carboxylic acids is 1.